The maximum atomic E-state index is 11.7. The third kappa shape index (κ3) is 5.83. The third-order valence-electron chi connectivity index (χ3n) is 3.16. The minimum Gasteiger partial charge on any atom is -0.444 e. The Hall–Kier alpha value is -2.70. The number of nitrogens with zero attached hydrogens (tertiary/aromatic N) is 4. The maximum Gasteiger partial charge on any atom is 0.413 e. The van der Waals surface area contributed by atoms with E-state index >= 15 is 0 Å². The predicted octanol–water partition coefficient (Wildman–Crippen LogP) is 2.90. The minimum absolute atomic E-state index is 0.357. The molecule has 1 N–H and O–H groups in total. The molecule has 0 saturated heterocycles. The van der Waals surface area contributed by atoms with Crippen molar-refractivity contribution in [2.75, 3.05) is 23.8 Å². The highest BCUT2D eigenvalue weighted by Crippen LogP contribution is 2.13. The van der Waals surface area contributed by atoms with Gasteiger partial charge in [0.05, 0.1) is 0 Å². The topological polar surface area (TPSA) is 80.2 Å². The van der Waals surface area contributed by atoms with E-state index in [4.69, 9.17) is 4.74 Å². The van der Waals surface area contributed by atoms with Crippen LogP contribution in [0, 0.1) is 0 Å². The van der Waals surface area contributed by atoms with Crippen LogP contribution in [0.15, 0.2) is 36.7 Å². The van der Waals surface area contributed by atoms with Gasteiger partial charge in [-0.1, -0.05) is 0 Å². The van der Waals surface area contributed by atoms with Gasteiger partial charge in [-0.2, -0.15) is 0 Å². The van der Waals surface area contributed by atoms with Gasteiger partial charge in [-0.05, 0) is 57.0 Å². The number of hydrogen-bond acceptors (Lipinski definition) is 6. The van der Waals surface area contributed by atoms with Gasteiger partial charge in [-0.15, -0.1) is 10.2 Å². The van der Waals surface area contributed by atoms with Crippen LogP contribution in [-0.4, -0.2) is 40.5 Å². The van der Waals surface area contributed by atoms with Crippen molar-refractivity contribution in [1.29, 1.82) is 0 Å². The third-order valence-corrected chi connectivity index (χ3v) is 3.16. The number of ether oxygens (including phenoxy) is 1. The highest BCUT2D eigenvalue weighted by molar-refractivity contribution is 5.83. The summed E-state index contributed by atoms with van der Waals surface area (Å²) >= 11 is 0. The van der Waals surface area contributed by atoms with Gasteiger partial charge in [0.25, 0.3) is 0 Å². The molecule has 0 unspecified atom stereocenters. The number of hydrogen-bond donors (Lipinski definition) is 1. The monoisotopic (exact) mass is 329 g/mol. The number of amides is 1. The first kappa shape index (κ1) is 17.7. The van der Waals surface area contributed by atoms with Gasteiger partial charge in [0, 0.05) is 26.0 Å². The van der Waals surface area contributed by atoms with Crippen LogP contribution in [0.1, 0.15) is 26.3 Å². The van der Waals surface area contributed by atoms with Crippen LogP contribution in [0.5, 0.6) is 0 Å². The summed E-state index contributed by atoms with van der Waals surface area (Å²) in [4.78, 5) is 17.7. The molecule has 0 aliphatic heterocycles. The summed E-state index contributed by atoms with van der Waals surface area (Å²) < 4.78 is 5.17. The fourth-order valence-electron chi connectivity index (χ4n) is 1.96. The first-order valence-corrected chi connectivity index (χ1v) is 7.77. The van der Waals surface area contributed by atoms with E-state index < -0.39 is 11.7 Å². The second-order valence-electron chi connectivity index (χ2n) is 6.43. The van der Waals surface area contributed by atoms with Crippen molar-refractivity contribution in [1.82, 2.24) is 15.2 Å². The molecule has 24 heavy (non-hydrogen) atoms. The summed E-state index contributed by atoms with van der Waals surface area (Å²) in [5.41, 5.74) is 0.665. The second-order valence-corrected chi connectivity index (χ2v) is 6.43. The zero-order valence-corrected chi connectivity index (χ0v) is 14.5. The quantitative estimate of drug-likeness (QED) is 0.908. The van der Waals surface area contributed by atoms with Gasteiger partial charge in [0.1, 0.15) is 5.60 Å². The molecule has 2 aromatic heterocycles. The molecule has 0 fully saturated rings. The van der Waals surface area contributed by atoms with Crippen molar-refractivity contribution in [3.63, 3.8) is 0 Å². The van der Waals surface area contributed by atoms with Crippen LogP contribution in [0.2, 0.25) is 0 Å². The lowest BCUT2D eigenvalue weighted by Gasteiger charge is -2.20. The molecule has 0 bridgehead atoms. The molecule has 128 valence electrons. The smallest absolute Gasteiger partial charge is 0.413 e. The first-order valence-electron chi connectivity index (χ1n) is 7.77. The Labute approximate surface area is 142 Å². The zero-order chi connectivity index (χ0) is 17.6. The molecule has 0 spiro atoms. The molecule has 1 amide bonds. The summed E-state index contributed by atoms with van der Waals surface area (Å²) in [7, 11) is 1.95. The summed E-state index contributed by atoms with van der Waals surface area (Å²) in [6, 6.07) is 7.50. The molecule has 7 nitrogen and oxygen atoms in total. The Morgan fingerprint density at radius 2 is 1.88 bits per heavy atom. The van der Waals surface area contributed by atoms with Gasteiger partial charge in [-0.3, -0.25) is 10.3 Å². The number of rotatable bonds is 5. The van der Waals surface area contributed by atoms with Crippen LogP contribution < -0.4 is 10.2 Å². The SMILES string of the molecule is CN(CCc1ccncc1)c1ccc(NC(=O)OC(C)(C)C)nn1. The van der Waals surface area contributed by atoms with Gasteiger partial charge in [-0.25, -0.2) is 4.79 Å². The van der Waals surface area contributed by atoms with Crippen LogP contribution in [0.25, 0.3) is 0 Å². The molecule has 2 heterocycles. The van der Waals surface area contributed by atoms with E-state index in [1.807, 2.05) is 30.1 Å². The van der Waals surface area contributed by atoms with E-state index in [0.29, 0.717) is 5.82 Å². The average molecular weight is 329 g/mol. The fourth-order valence-corrected chi connectivity index (χ4v) is 1.96. The molecule has 0 atom stereocenters. The van der Waals surface area contributed by atoms with E-state index in [0.717, 1.165) is 18.8 Å². The number of aromatic nitrogens is 3. The highest BCUT2D eigenvalue weighted by Gasteiger charge is 2.16. The van der Waals surface area contributed by atoms with E-state index in [-0.39, 0.29) is 0 Å². The summed E-state index contributed by atoms with van der Waals surface area (Å²) in [6.07, 6.45) is 3.91. The summed E-state index contributed by atoms with van der Waals surface area (Å²) in [5, 5.41) is 10.7. The molecule has 0 saturated carbocycles. The molecule has 7 heteroatoms. The zero-order valence-electron chi connectivity index (χ0n) is 14.5. The maximum absolute atomic E-state index is 11.7. The van der Waals surface area contributed by atoms with Crippen molar-refractivity contribution < 1.29 is 9.53 Å². The fraction of sp³-hybridized carbons (Fsp3) is 0.412. The predicted molar refractivity (Wildman–Crippen MR) is 93.1 cm³/mol. The lowest BCUT2D eigenvalue weighted by molar-refractivity contribution is 0.0635. The Morgan fingerprint density at radius 1 is 1.17 bits per heavy atom. The number of nitrogens with one attached hydrogen (secondary N) is 1. The van der Waals surface area contributed by atoms with Crippen LogP contribution in [-0.2, 0) is 11.2 Å². The standard InChI is InChI=1S/C17H23N5O2/c1-17(2,3)24-16(23)19-14-5-6-15(21-20-14)22(4)12-9-13-7-10-18-11-8-13/h5-8,10-11H,9,12H2,1-4H3,(H,19,20,23). The number of carbonyl (C=O) groups excluding carboxylic acids is 1. The first-order chi connectivity index (χ1) is 11.3. The Bertz CT molecular complexity index is 653. The van der Waals surface area contributed by atoms with Gasteiger partial charge in [0.2, 0.25) is 0 Å². The van der Waals surface area contributed by atoms with Gasteiger partial charge in [0.15, 0.2) is 11.6 Å². The molecule has 0 aliphatic carbocycles. The molecular weight excluding hydrogens is 306 g/mol. The molecule has 0 aliphatic rings. The lowest BCUT2D eigenvalue weighted by atomic mass is 10.2. The lowest BCUT2D eigenvalue weighted by Crippen LogP contribution is -2.27. The number of carbonyl (C=O) groups is 1. The highest BCUT2D eigenvalue weighted by atomic mass is 16.6. The van der Waals surface area contributed by atoms with Crippen LogP contribution in [0.4, 0.5) is 16.4 Å². The van der Waals surface area contributed by atoms with Gasteiger partial charge < -0.3 is 9.64 Å². The van der Waals surface area contributed by atoms with E-state index in [9.17, 15) is 4.79 Å². The van der Waals surface area contributed by atoms with Crippen molar-refractivity contribution >= 4 is 17.7 Å². The van der Waals surface area contributed by atoms with Crippen molar-refractivity contribution in [2.24, 2.45) is 0 Å². The van der Waals surface area contributed by atoms with Crippen LogP contribution >= 0.6 is 0 Å². The Morgan fingerprint density at radius 3 is 2.46 bits per heavy atom. The number of likely N-dealkylation sites (N-methyl/N-ethyl adjacent to an activating group) is 1. The second kappa shape index (κ2) is 7.72. The summed E-state index contributed by atoms with van der Waals surface area (Å²) in [5.74, 6) is 1.09. The molecule has 2 rings (SSSR count). The number of anilines is 2. The molecule has 0 aromatic carbocycles. The molecule has 2 aromatic rings. The Balaban J connectivity index is 1.88. The van der Waals surface area contributed by atoms with E-state index in [2.05, 4.69) is 20.5 Å². The van der Waals surface area contributed by atoms with Gasteiger partial charge >= 0.3 is 6.09 Å². The molecule has 0 radical (unpaired) electrons. The van der Waals surface area contributed by atoms with Crippen LogP contribution in [0.3, 0.4) is 0 Å². The Kier molecular flexibility index (Phi) is 5.68. The number of pyridine rings is 1. The largest absolute Gasteiger partial charge is 0.444 e. The van der Waals surface area contributed by atoms with Crippen molar-refractivity contribution in [3.8, 4) is 0 Å². The van der Waals surface area contributed by atoms with E-state index in [1.54, 1.807) is 39.2 Å². The average Bonchev–Trinajstić information content (AvgIpc) is 2.52. The summed E-state index contributed by atoms with van der Waals surface area (Å²) in [6.45, 7) is 6.22. The van der Waals surface area contributed by atoms with Crippen molar-refractivity contribution in [3.05, 3.63) is 42.2 Å². The molecular formula is C17H23N5O2. The normalized spacial score (nSPS) is 11.0. The van der Waals surface area contributed by atoms with E-state index in [1.165, 1.54) is 5.56 Å². The van der Waals surface area contributed by atoms with Crippen molar-refractivity contribution in [2.45, 2.75) is 32.8 Å². The minimum atomic E-state index is -0.551.